The van der Waals surface area contributed by atoms with E-state index in [9.17, 15) is 9.59 Å². The van der Waals surface area contributed by atoms with Gasteiger partial charge in [0.15, 0.2) is 5.78 Å². The van der Waals surface area contributed by atoms with Crippen molar-refractivity contribution >= 4 is 23.1 Å². The summed E-state index contributed by atoms with van der Waals surface area (Å²) >= 11 is 0. The summed E-state index contributed by atoms with van der Waals surface area (Å²) in [6.45, 7) is 3.26. The molecular weight excluding hydrogens is 476 g/mol. The van der Waals surface area contributed by atoms with Gasteiger partial charge in [-0.1, -0.05) is 72.3 Å². The lowest BCUT2D eigenvalue weighted by molar-refractivity contribution is -0.141. The summed E-state index contributed by atoms with van der Waals surface area (Å²) in [5.74, 6) is 0.228. The molecule has 38 heavy (non-hydrogen) atoms. The second kappa shape index (κ2) is 13.1. The first-order valence-electron chi connectivity index (χ1n) is 12.6. The van der Waals surface area contributed by atoms with Gasteiger partial charge in [0.05, 0.1) is 7.11 Å². The van der Waals surface area contributed by atoms with Crippen LogP contribution < -0.4 is 15.4 Å². The SMILES string of the molecule is COC(=O)C(Cc1ccc(OCCNc2ccc(C)cc2)cc1)Nc1ccccc1C(=O)c1ccccc1. The van der Waals surface area contributed by atoms with E-state index in [2.05, 4.69) is 29.7 Å². The minimum absolute atomic E-state index is 0.115. The van der Waals surface area contributed by atoms with Crippen molar-refractivity contribution < 1.29 is 19.1 Å². The maximum Gasteiger partial charge on any atom is 0.328 e. The Morgan fingerprint density at radius 1 is 0.816 bits per heavy atom. The number of rotatable bonds is 12. The number of ether oxygens (including phenoxy) is 2. The van der Waals surface area contributed by atoms with E-state index in [0.717, 1.165) is 17.0 Å². The number of hydrogen-bond acceptors (Lipinski definition) is 6. The topological polar surface area (TPSA) is 76.7 Å². The summed E-state index contributed by atoms with van der Waals surface area (Å²) in [7, 11) is 1.36. The van der Waals surface area contributed by atoms with E-state index in [1.54, 1.807) is 24.3 Å². The van der Waals surface area contributed by atoms with Gasteiger partial charge in [0.25, 0.3) is 0 Å². The van der Waals surface area contributed by atoms with Crippen LogP contribution in [0.4, 0.5) is 11.4 Å². The Labute approximate surface area is 223 Å². The van der Waals surface area contributed by atoms with Crippen LogP contribution in [0.3, 0.4) is 0 Å². The zero-order valence-corrected chi connectivity index (χ0v) is 21.6. The number of carbonyl (C=O) groups excluding carboxylic acids is 2. The molecule has 4 aromatic rings. The molecule has 0 spiro atoms. The highest BCUT2D eigenvalue weighted by Gasteiger charge is 2.22. The van der Waals surface area contributed by atoms with Crippen LogP contribution in [0.1, 0.15) is 27.0 Å². The summed E-state index contributed by atoms with van der Waals surface area (Å²) in [5, 5.41) is 6.57. The summed E-state index contributed by atoms with van der Waals surface area (Å²) in [4.78, 5) is 25.8. The summed E-state index contributed by atoms with van der Waals surface area (Å²) in [5.41, 5.74) is 4.88. The van der Waals surface area contributed by atoms with Crippen LogP contribution in [0.25, 0.3) is 0 Å². The number of ketones is 1. The van der Waals surface area contributed by atoms with Crippen LogP contribution in [0.15, 0.2) is 103 Å². The van der Waals surface area contributed by atoms with Crippen molar-refractivity contribution in [1.82, 2.24) is 0 Å². The van der Waals surface area contributed by atoms with Crippen molar-refractivity contribution in [2.75, 3.05) is 30.9 Å². The predicted molar refractivity (Wildman–Crippen MR) is 151 cm³/mol. The highest BCUT2D eigenvalue weighted by molar-refractivity contribution is 6.12. The van der Waals surface area contributed by atoms with Crippen LogP contribution in [-0.4, -0.2) is 38.1 Å². The number of methoxy groups -OCH3 is 1. The zero-order chi connectivity index (χ0) is 26.7. The number of benzene rings is 4. The Balaban J connectivity index is 1.37. The maximum atomic E-state index is 13.1. The molecule has 194 valence electrons. The lowest BCUT2D eigenvalue weighted by atomic mass is 10.00. The molecule has 1 atom stereocenters. The minimum atomic E-state index is -0.671. The molecule has 4 rings (SSSR count). The van der Waals surface area contributed by atoms with E-state index in [1.807, 2.05) is 66.7 Å². The second-order valence-corrected chi connectivity index (χ2v) is 8.95. The Hall–Kier alpha value is -4.58. The summed E-state index contributed by atoms with van der Waals surface area (Å²) in [6, 6.07) is 31.5. The zero-order valence-electron chi connectivity index (χ0n) is 21.6. The highest BCUT2D eigenvalue weighted by Crippen LogP contribution is 2.22. The van der Waals surface area contributed by atoms with Gasteiger partial charge in [-0.15, -0.1) is 0 Å². The average molecular weight is 509 g/mol. The molecule has 4 aromatic carbocycles. The molecule has 0 heterocycles. The van der Waals surface area contributed by atoms with Gasteiger partial charge in [0.1, 0.15) is 18.4 Å². The lowest BCUT2D eigenvalue weighted by Crippen LogP contribution is -2.33. The standard InChI is InChI=1S/C32H32N2O4/c1-23-12-16-26(17-13-23)33-20-21-38-27-18-14-24(15-19-27)22-30(32(36)37-2)34-29-11-7-6-10-28(29)31(35)25-8-4-3-5-9-25/h3-19,30,33-34H,20-22H2,1-2H3. The molecule has 0 aliphatic heterocycles. The molecule has 6 nitrogen and oxygen atoms in total. The van der Waals surface area contributed by atoms with Crippen molar-refractivity contribution in [2.24, 2.45) is 0 Å². The van der Waals surface area contributed by atoms with Gasteiger partial charge in [-0.05, 0) is 48.9 Å². The number of anilines is 2. The normalized spacial score (nSPS) is 11.3. The average Bonchev–Trinajstić information content (AvgIpc) is 2.96. The van der Waals surface area contributed by atoms with E-state index < -0.39 is 12.0 Å². The summed E-state index contributed by atoms with van der Waals surface area (Å²) < 4.78 is 10.9. The fourth-order valence-corrected chi connectivity index (χ4v) is 4.07. The number of hydrogen-bond donors (Lipinski definition) is 2. The fraction of sp³-hybridized carbons (Fsp3) is 0.188. The van der Waals surface area contributed by atoms with Crippen LogP contribution in [0.5, 0.6) is 5.75 Å². The summed E-state index contributed by atoms with van der Waals surface area (Å²) in [6.07, 6.45) is 0.385. The van der Waals surface area contributed by atoms with Gasteiger partial charge in [-0.25, -0.2) is 4.79 Å². The second-order valence-electron chi connectivity index (χ2n) is 8.95. The van der Waals surface area contributed by atoms with Gasteiger partial charge in [-0.2, -0.15) is 0 Å². The van der Waals surface area contributed by atoms with E-state index >= 15 is 0 Å². The molecule has 2 N–H and O–H groups in total. The molecule has 0 fully saturated rings. The molecule has 0 amide bonds. The van der Waals surface area contributed by atoms with E-state index in [4.69, 9.17) is 9.47 Å². The van der Waals surface area contributed by atoms with Gasteiger partial charge < -0.3 is 20.1 Å². The quantitative estimate of drug-likeness (QED) is 0.141. The van der Waals surface area contributed by atoms with Crippen molar-refractivity contribution in [1.29, 1.82) is 0 Å². The molecule has 0 aliphatic rings. The minimum Gasteiger partial charge on any atom is -0.492 e. The molecule has 0 bridgehead atoms. The largest absolute Gasteiger partial charge is 0.492 e. The van der Waals surface area contributed by atoms with Crippen molar-refractivity contribution in [3.05, 3.63) is 125 Å². The molecule has 0 aliphatic carbocycles. The van der Waals surface area contributed by atoms with Gasteiger partial charge in [-0.3, -0.25) is 4.79 Å². The van der Waals surface area contributed by atoms with Crippen LogP contribution in [0.2, 0.25) is 0 Å². The van der Waals surface area contributed by atoms with Crippen molar-refractivity contribution in [3.63, 3.8) is 0 Å². The molecule has 1 unspecified atom stereocenters. The van der Waals surface area contributed by atoms with Crippen LogP contribution in [0, 0.1) is 6.92 Å². The number of aryl methyl sites for hydroxylation is 1. The molecule has 6 heteroatoms. The molecule has 0 saturated carbocycles. The van der Waals surface area contributed by atoms with Gasteiger partial charge >= 0.3 is 5.97 Å². The fourth-order valence-electron chi connectivity index (χ4n) is 4.07. The van der Waals surface area contributed by atoms with Crippen LogP contribution in [-0.2, 0) is 16.0 Å². The number of para-hydroxylation sites is 1. The molecular formula is C32H32N2O4. The Morgan fingerprint density at radius 3 is 2.21 bits per heavy atom. The molecule has 0 saturated heterocycles. The van der Waals surface area contributed by atoms with E-state index in [1.165, 1.54) is 12.7 Å². The van der Waals surface area contributed by atoms with Gasteiger partial charge in [0, 0.05) is 35.5 Å². The first kappa shape index (κ1) is 26.5. The Bertz CT molecular complexity index is 1340. The Kier molecular flexibility index (Phi) is 9.13. The monoisotopic (exact) mass is 508 g/mol. The molecule has 0 radical (unpaired) electrons. The number of carbonyl (C=O) groups is 2. The third-order valence-electron chi connectivity index (χ3n) is 6.14. The first-order chi connectivity index (χ1) is 18.5. The highest BCUT2D eigenvalue weighted by atomic mass is 16.5. The predicted octanol–water partition coefficient (Wildman–Crippen LogP) is 5.91. The van der Waals surface area contributed by atoms with E-state index in [-0.39, 0.29) is 5.78 Å². The third kappa shape index (κ3) is 7.23. The first-order valence-corrected chi connectivity index (χ1v) is 12.6. The Morgan fingerprint density at radius 2 is 1.50 bits per heavy atom. The smallest absolute Gasteiger partial charge is 0.328 e. The maximum absolute atomic E-state index is 13.1. The van der Waals surface area contributed by atoms with E-state index in [0.29, 0.717) is 36.4 Å². The number of nitrogens with one attached hydrogen (secondary N) is 2. The lowest BCUT2D eigenvalue weighted by Gasteiger charge is -2.20. The molecule has 0 aromatic heterocycles. The number of esters is 1. The van der Waals surface area contributed by atoms with Gasteiger partial charge in [0.2, 0.25) is 0 Å². The van der Waals surface area contributed by atoms with Crippen molar-refractivity contribution in [2.45, 2.75) is 19.4 Å². The van der Waals surface area contributed by atoms with Crippen LogP contribution >= 0.6 is 0 Å². The third-order valence-corrected chi connectivity index (χ3v) is 6.14. The van der Waals surface area contributed by atoms with Crippen molar-refractivity contribution in [3.8, 4) is 5.75 Å².